The highest BCUT2D eigenvalue weighted by Gasteiger charge is 2.31. The zero-order valence-corrected chi connectivity index (χ0v) is 13.5. The number of hydrogen-bond donors (Lipinski definition) is 1. The molecule has 0 aliphatic carbocycles. The van der Waals surface area contributed by atoms with Crippen LogP contribution in [-0.4, -0.2) is 37.4 Å². The van der Waals surface area contributed by atoms with Crippen LogP contribution in [0.15, 0.2) is 24.3 Å². The molecule has 1 saturated heterocycles. The minimum Gasteiger partial charge on any atom is -0.406 e. The van der Waals surface area contributed by atoms with Crippen LogP contribution in [0.5, 0.6) is 5.75 Å². The first kappa shape index (κ1) is 18.1. The number of ether oxygens (including phenoxy) is 1. The topological polar surface area (TPSA) is 24.5 Å². The fourth-order valence-electron chi connectivity index (χ4n) is 3.06. The summed E-state index contributed by atoms with van der Waals surface area (Å²) < 4.78 is 41.4. The van der Waals surface area contributed by atoms with Crippen LogP contribution >= 0.6 is 0 Å². The van der Waals surface area contributed by atoms with Crippen LogP contribution in [0.1, 0.15) is 44.2 Å². The van der Waals surface area contributed by atoms with Crippen molar-refractivity contribution in [2.45, 2.75) is 45.0 Å². The van der Waals surface area contributed by atoms with Crippen molar-refractivity contribution in [3.63, 3.8) is 0 Å². The van der Waals surface area contributed by atoms with E-state index < -0.39 is 6.36 Å². The molecule has 0 bridgehead atoms. The highest BCUT2D eigenvalue weighted by molar-refractivity contribution is 5.31. The van der Waals surface area contributed by atoms with Crippen molar-refractivity contribution in [1.29, 1.82) is 0 Å². The van der Waals surface area contributed by atoms with Crippen LogP contribution in [-0.2, 0) is 0 Å². The molecule has 6 heteroatoms. The van der Waals surface area contributed by atoms with Crippen molar-refractivity contribution in [3.05, 3.63) is 29.8 Å². The van der Waals surface area contributed by atoms with Gasteiger partial charge in [0.05, 0.1) is 0 Å². The van der Waals surface area contributed by atoms with Gasteiger partial charge in [-0.05, 0) is 24.1 Å². The number of alkyl halides is 3. The second-order valence-electron chi connectivity index (χ2n) is 5.92. The Hall–Kier alpha value is -1.27. The molecule has 1 aliphatic rings. The predicted molar refractivity (Wildman–Crippen MR) is 84.5 cm³/mol. The van der Waals surface area contributed by atoms with E-state index in [4.69, 9.17) is 0 Å². The van der Waals surface area contributed by atoms with E-state index in [0.717, 1.165) is 57.4 Å². The van der Waals surface area contributed by atoms with Gasteiger partial charge in [0, 0.05) is 32.2 Å². The second kappa shape index (κ2) is 8.55. The number of unbranched alkanes of at least 4 members (excludes halogenated alkanes) is 2. The predicted octanol–water partition coefficient (Wildman–Crippen LogP) is 4.11. The van der Waals surface area contributed by atoms with Gasteiger partial charge in [0.15, 0.2) is 0 Å². The summed E-state index contributed by atoms with van der Waals surface area (Å²) >= 11 is 0. The molecule has 1 aliphatic heterocycles. The molecule has 1 aromatic carbocycles. The van der Waals surface area contributed by atoms with Crippen molar-refractivity contribution in [2.75, 3.05) is 26.2 Å². The standard InChI is InChI=1S/C17H25F3N2O/c1-2-3-4-8-16(22-11-9-21-10-12-22)14-6-5-7-15(13-14)23-17(18,19)20/h5-7,13,16,21H,2-4,8-12H2,1H3/t16-/m0/s1. The third-order valence-corrected chi connectivity index (χ3v) is 4.15. The summed E-state index contributed by atoms with van der Waals surface area (Å²) in [5.74, 6) is -0.134. The summed E-state index contributed by atoms with van der Waals surface area (Å²) in [6, 6.07) is 6.59. The van der Waals surface area contributed by atoms with Crippen molar-refractivity contribution in [1.82, 2.24) is 10.2 Å². The molecule has 0 amide bonds. The van der Waals surface area contributed by atoms with Gasteiger partial charge in [-0.25, -0.2) is 0 Å². The molecular formula is C17H25F3N2O. The SMILES string of the molecule is CCCCC[C@@H](c1cccc(OC(F)(F)F)c1)N1CCNCC1. The largest absolute Gasteiger partial charge is 0.573 e. The van der Waals surface area contributed by atoms with Gasteiger partial charge in [0.25, 0.3) is 0 Å². The van der Waals surface area contributed by atoms with Crippen molar-refractivity contribution >= 4 is 0 Å². The van der Waals surface area contributed by atoms with Crippen LogP contribution in [0, 0.1) is 0 Å². The monoisotopic (exact) mass is 330 g/mol. The molecule has 130 valence electrons. The van der Waals surface area contributed by atoms with Crippen molar-refractivity contribution < 1.29 is 17.9 Å². The summed E-state index contributed by atoms with van der Waals surface area (Å²) in [6.07, 6.45) is -0.336. The maximum absolute atomic E-state index is 12.4. The molecule has 1 atom stereocenters. The van der Waals surface area contributed by atoms with Crippen molar-refractivity contribution in [3.8, 4) is 5.75 Å². The van der Waals surface area contributed by atoms with Gasteiger partial charge in [-0.3, -0.25) is 4.90 Å². The molecule has 0 spiro atoms. The fourth-order valence-corrected chi connectivity index (χ4v) is 3.06. The van der Waals surface area contributed by atoms with E-state index in [1.165, 1.54) is 12.1 Å². The summed E-state index contributed by atoms with van der Waals surface area (Å²) in [6.45, 7) is 5.83. The van der Waals surface area contributed by atoms with E-state index in [2.05, 4.69) is 21.9 Å². The molecule has 0 unspecified atom stereocenters. The number of nitrogens with zero attached hydrogens (tertiary/aromatic N) is 1. The van der Waals surface area contributed by atoms with Gasteiger partial charge in [-0.15, -0.1) is 13.2 Å². The van der Waals surface area contributed by atoms with Crippen LogP contribution in [0.2, 0.25) is 0 Å². The van der Waals surface area contributed by atoms with Gasteiger partial charge in [-0.1, -0.05) is 38.3 Å². The number of benzene rings is 1. The fraction of sp³-hybridized carbons (Fsp3) is 0.647. The molecule has 0 aromatic heterocycles. The van der Waals surface area contributed by atoms with Gasteiger partial charge < -0.3 is 10.1 Å². The Morgan fingerprint density at radius 2 is 1.96 bits per heavy atom. The Labute approximate surface area is 135 Å². The van der Waals surface area contributed by atoms with E-state index in [0.29, 0.717) is 0 Å². The van der Waals surface area contributed by atoms with E-state index >= 15 is 0 Å². The highest BCUT2D eigenvalue weighted by Crippen LogP contribution is 2.31. The molecule has 1 heterocycles. The van der Waals surface area contributed by atoms with E-state index in [-0.39, 0.29) is 11.8 Å². The minimum absolute atomic E-state index is 0.134. The Kier molecular flexibility index (Phi) is 6.72. The Bertz CT molecular complexity index is 473. The van der Waals surface area contributed by atoms with E-state index in [1.807, 2.05) is 6.07 Å². The molecule has 3 nitrogen and oxygen atoms in total. The molecule has 2 rings (SSSR count). The Morgan fingerprint density at radius 1 is 1.22 bits per heavy atom. The van der Waals surface area contributed by atoms with Crippen LogP contribution in [0.3, 0.4) is 0 Å². The normalized spacial score (nSPS) is 17.9. The van der Waals surface area contributed by atoms with Gasteiger partial charge in [0.1, 0.15) is 5.75 Å². The quantitative estimate of drug-likeness (QED) is 0.762. The van der Waals surface area contributed by atoms with Gasteiger partial charge in [-0.2, -0.15) is 0 Å². The number of rotatable bonds is 7. The lowest BCUT2D eigenvalue weighted by Gasteiger charge is -2.35. The summed E-state index contributed by atoms with van der Waals surface area (Å²) in [5.41, 5.74) is 0.907. The number of nitrogens with one attached hydrogen (secondary N) is 1. The second-order valence-corrected chi connectivity index (χ2v) is 5.92. The number of piperazine rings is 1. The zero-order chi connectivity index (χ0) is 16.7. The minimum atomic E-state index is -4.65. The summed E-state index contributed by atoms with van der Waals surface area (Å²) in [4.78, 5) is 2.36. The summed E-state index contributed by atoms with van der Waals surface area (Å²) in [7, 11) is 0. The third kappa shape index (κ3) is 6.03. The Morgan fingerprint density at radius 3 is 2.61 bits per heavy atom. The lowest BCUT2D eigenvalue weighted by Crippen LogP contribution is -2.45. The first-order chi connectivity index (χ1) is 11.0. The van der Waals surface area contributed by atoms with Crippen molar-refractivity contribution in [2.24, 2.45) is 0 Å². The molecular weight excluding hydrogens is 305 g/mol. The summed E-state index contributed by atoms with van der Waals surface area (Å²) in [5, 5.41) is 3.32. The first-order valence-corrected chi connectivity index (χ1v) is 8.30. The van der Waals surface area contributed by atoms with E-state index in [1.54, 1.807) is 6.07 Å². The maximum atomic E-state index is 12.4. The zero-order valence-electron chi connectivity index (χ0n) is 13.5. The molecule has 0 saturated carbocycles. The van der Waals surface area contributed by atoms with Crippen LogP contribution < -0.4 is 10.1 Å². The molecule has 23 heavy (non-hydrogen) atoms. The lowest BCUT2D eigenvalue weighted by atomic mass is 9.98. The van der Waals surface area contributed by atoms with Crippen LogP contribution in [0.25, 0.3) is 0 Å². The highest BCUT2D eigenvalue weighted by atomic mass is 19.4. The first-order valence-electron chi connectivity index (χ1n) is 8.30. The molecule has 0 radical (unpaired) electrons. The molecule has 1 aromatic rings. The third-order valence-electron chi connectivity index (χ3n) is 4.15. The number of hydrogen-bond acceptors (Lipinski definition) is 3. The van der Waals surface area contributed by atoms with Crippen LogP contribution in [0.4, 0.5) is 13.2 Å². The number of halogens is 3. The van der Waals surface area contributed by atoms with E-state index in [9.17, 15) is 13.2 Å². The average Bonchev–Trinajstić information content (AvgIpc) is 2.51. The maximum Gasteiger partial charge on any atom is 0.573 e. The Balaban J connectivity index is 2.14. The molecule has 1 N–H and O–H groups in total. The lowest BCUT2D eigenvalue weighted by molar-refractivity contribution is -0.274. The molecule has 1 fully saturated rings. The van der Waals surface area contributed by atoms with Gasteiger partial charge in [0.2, 0.25) is 0 Å². The average molecular weight is 330 g/mol. The smallest absolute Gasteiger partial charge is 0.406 e. The van der Waals surface area contributed by atoms with Gasteiger partial charge >= 0.3 is 6.36 Å².